The van der Waals surface area contributed by atoms with Gasteiger partial charge in [-0.05, 0) is 17.7 Å². The Morgan fingerprint density at radius 3 is 2.81 bits per heavy atom. The molecule has 2 aliphatic rings. The average molecular weight is 365 g/mol. The van der Waals surface area contributed by atoms with Gasteiger partial charge >= 0.3 is 0 Å². The molecule has 2 aliphatic heterocycles. The monoisotopic (exact) mass is 364 g/mol. The summed E-state index contributed by atoms with van der Waals surface area (Å²) in [5, 5.41) is 2.13. The van der Waals surface area contributed by atoms with Gasteiger partial charge in [-0.25, -0.2) is 8.42 Å². The lowest BCUT2D eigenvalue weighted by molar-refractivity contribution is 0.410. The normalized spacial score (nSPS) is 26.8. The Kier molecular flexibility index (Phi) is 4.16. The van der Waals surface area contributed by atoms with E-state index >= 15 is 0 Å². The van der Waals surface area contributed by atoms with Crippen LogP contribution in [0.25, 0.3) is 0 Å². The van der Waals surface area contributed by atoms with Crippen molar-refractivity contribution in [2.45, 2.75) is 17.8 Å². The zero-order valence-corrected chi connectivity index (χ0v) is 14.4. The van der Waals surface area contributed by atoms with E-state index in [1.165, 1.54) is 0 Å². The van der Waals surface area contributed by atoms with Crippen LogP contribution in [0.2, 0.25) is 10.0 Å². The molecule has 0 bridgehead atoms. The van der Waals surface area contributed by atoms with Crippen LogP contribution in [0.1, 0.15) is 5.56 Å². The molecule has 2 heterocycles. The molecule has 8 heteroatoms. The summed E-state index contributed by atoms with van der Waals surface area (Å²) in [6.45, 7) is 0. The summed E-state index contributed by atoms with van der Waals surface area (Å²) in [5.74, 6) is 1.04. The third kappa shape index (κ3) is 3.18. The SMILES string of the molecule is CN1C(SCc2ccc(Cl)cc2Cl)=NC2CS(=O)(=O)CC21. The van der Waals surface area contributed by atoms with Gasteiger partial charge in [-0.2, -0.15) is 0 Å². The molecule has 3 rings (SSSR count). The Bertz CT molecular complexity index is 706. The fraction of sp³-hybridized carbons (Fsp3) is 0.462. The number of hydrogen-bond donors (Lipinski definition) is 0. The molecule has 114 valence electrons. The number of halogens is 2. The van der Waals surface area contributed by atoms with E-state index in [9.17, 15) is 8.42 Å². The maximum absolute atomic E-state index is 11.6. The van der Waals surface area contributed by atoms with Crippen LogP contribution in [0.15, 0.2) is 23.2 Å². The molecule has 0 radical (unpaired) electrons. The molecular formula is C13H14Cl2N2O2S2. The number of hydrogen-bond acceptors (Lipinski definition) is 5. The van der Waals surface area contributed by atoms with Crippen molar-refractivity contribution in [3.8, 4) is 0 Å². The van der Waals surface area contributed by atoms with E-state index in [1.807, 2.05) is 24.1 Å². The first-order valence-corrected chi connectivity index (χ1v) is 10.00. The van der Waals surface area contributed by atoms with Crippen LogP contribution in [-0.4, -0.2) is 49.1 Å². The number of benzene rings is 1. The highest BCUT2D eigenvalue weighted by molar-refractivity contribution is 8.13. The molecule has 0 saturated carbocycles. The molecule has 4 nitrogen and oxygen atoms in total. The van der Waals surface area contributed by atoms with Gasteiger partial charge in [-0.3, -0.25) is 4.99 Å². The number of aliphatic imine (C=N–C) groups is 1. The van der Waals surface area contributed by atoms with Crippen LogP contribution in [0.5, 0.6) is 0 Å². The Labute approximate surface area is 138 Å². The van der Waals surface area contributed by atoms with Crippen molar-refractivity contribution in [1.29, 1.82) is 0 Å². The number of fused-ring (bicyclic) bond motifs is 1. The molecule has 0 spiro atoms. The summed E-state index contributed by atoms with van der Waals surface area (Å²) >= 11 is 13.6. The Morgan fingerprint density at radius 1 is 1.38 bits per heavy atom. The highest BCUT2D eigenvalue weighted by Crippen LogP contribution is 2.32. The first kappa shape index (κ1) is 15.5. The zero-order valence-electron chi connectivity index (χ0n) is 11.3. The molecule has 1 saturated heterocycles. The first-order valence-electron chi connectivity index (χ1n) is 6.43. The molecule has 0 aliphatic carbocycles. The molecule has 21 heavy (non-hydrogen) atoms. The molecule has 0 aromatic heterocycles. The van der Waals surface area contributed by atoms with Gasteiger partial charge in [0.25, 0.3) is 0 Å². The maximum Gasteiger partial charge on any atom is 0.159 e. The van der Waals surface area contributed by atoms with E-state index < -0.39 is 9.84 Å². The van der Waals surface area contributed by atoms with Gasteiger partial charge in [0.1, 0.15) is 0 Å². The van der Waals surface area contributed by atoms with E-state index in [0.717, 1.165) is 10.7 Å². The number of rotatable bonds is 2. The predicted molar refractivity (Wildman–Crippen MR) is 89.2 cm³/mol. The summed E-state index contributed by atoms with van der Waals surface area (Å²) in [5.41, 5.74) is 0.992. The summed E-state index contributed by atoms with van der Waals surface area (Å²) in [4.78, 5) is 6.52. The molecule has 0 amide bonds. The Balaban J connectivity index is 1.69. The number of nitrogens with zero attached hydrogens (tertiary/aromatic N) is 2. The van der Waals surface area contributed by atoms with Crippen LogP contribution < -0.4 is 0 Å². The van der Waals surface area contributed by atoms with Crippen LogP contribution in [-0.2, 0) is 15.6 Å². The summed E-state index contributed by atoms with van der Waals surface area (Å²) in [6, 6.07) is 5.30. The van der Waals surface area contributed by atoms with Crippen molar-refractivity contribution < 1.29 is 8.42 Å². The smallest absolute Gasteiger partial charge is 0.159 e. The summed E-state index contributed by atoms with van der Waals surface area (Å²) < 4.78 is 23.2. The third-order valence-corrected chi connectivity index (χ3v) is 7.13. The highest BCUT2D eigenvalue weighted by atomic mass is 35.5. The maximum atomic E-state index is 11.6. The summed E-state index contributed by atoms with van der Waals surface area (Å²) in [6.07, 6.45) is 0. The summed E-state index contributed by atoms with van der Waals surface area (Å²) in [7, 11) is -1.03. The fourth-order valence-corrected chi connectivity index (χ4v) is 6.16. The molecule has 1 fully saturated rings. The van der Waals surface area contributed by atoms with Crippen LogP contribution >= 0.6 is 35.0 Å². The Morgan fingerprint density at radius 2 is 2.14 bits per heavy atom. The largest absolute Gasteiger partial charge is 0.348 e. The lowest BCUT2D eigenvalue weighted by Gasteiger charge is -2.20. The van der Waals surface area contributed by atoms with Crippen molar-refractivity contribution in [1.82, 2.24) is 4.90 Å². The van der Waals surface area contributed by atoms with Crippen molar-refractivity contribution in [2.24, 2.45) is 4.99 Å². The minimum atomic E-state index is -2.93. The van der Waals surface area contributed by atoms with E-state index in [4.69, 9.17) is 23.2 Å². The minimum absolute atomic E-state index is 0.0156. The second kappa shape index (κ2) is 5.65. The van der Waals surface area contributed by atoms with E-state index in [2.05, 4.69) is 4.99 Å². The Hall–Kier alpha value is -0.430. The van der Waals surface area contributed by atoms with Gasteiger partial charge in [0.15, 0.2) is 15.0 Å². The molecule has 1 aromatic rings. The molecule has 2 atom stereocenters. The third-order valence-electron chi connectivity index (χ3n) is 3.74. The number of amidine groups is 1. The van der Waals surface area contributed by atoms with Crippen LogP contribution in [0.3, 0.4) is 0 Å². The predicted octanol–water partition coefficient (Wildman–Crippen LogP) is 2.69. The second-order valence-electron chi connectivity index (χ2n) is 5.26. The standard InChI is InChI=1S/C13H14Cl2N2O2S2/c1-17-12-7-21(18,19)6-11(12)16-13(17)20-5-8-2-3-9(14)4-10(8)15/h2-4,11-12H,5-7H2,1H3. The van der Waals surface area contributed by atoms with Gasteiger partial charge in [0.2, 0.25) is 0 Å². The molecule has 2 unspecified atom stereocenters. The quantitative estimate of drug-likeness (QED) is 0.809. The van der Waals surface area contributed by atoms with Gasteiger partial charge in [-0.1, -0.05) is 41.0 Å². The second-order valence-corrected chi connectivity index (χ2v) is 9.20. The minimum Gasteiger partial charge on any atom is -0.348 e. The van der Waals surface area contributed by atoms with Gasteiger partial charge in [0.05, 0.1) is 23.6 Å². The fourth-order valence-electron chi connectivity index (χ4n) is 2.60. The topological polar surface area (TPSA) is 49.7 Å². The van der Waals surface area contributed by atoms with Gasteiger partial charge in [-0.15, -0.1) is 0 Å². The van der Waals surface area contributed by atoms with Gasteiger partial charge in [0, 0.05) is 22.8 Å². The lowest BCUT2D eigenvalue weighted by Crippen LogP contribution is -2.35. The average Bonchev–Trinajstić information content (AvgIpc) is 2.83. The van der Waals surface area contributed by atoms with E-state index in [1.54, 1.807) is 17.8 Å². The van der Waals surface area contributed by atoms with Gasteiger partial charge < -0.3 is 4.90 Å². The van der Waals surface area contributed by atoms with Crippen molar-refractivity contribution in [2.75, 3.05) is 18.6 Å². The first-order chi connectivity index (χ1) is 9.85. The lowest BCUT2D eigenvalue weighted by atomic mass is 10.2. The highest BCUT2D eigenvalue weighted by Gasteiger charge is 2.44. The molecular weight excluding hydrogens is 351 g/mol. The molecule has 0 N–H and O–H groups in total. The van der Waals surface area contributed by atoms with Crippen molar-refractivity contribution >= 4 is 50.0 Å². The van der Waals surface area contributed by atoms with Crippen molar-refractivity contribution in [3.05, 3.63) is 33.8 Å². The van der Waals surface area contributed by atoms with E-state index in [-0.39, 0.29) is 23.6 Å². The number of sulfone groups is 1. The number of likely N-dealkylation sites (N-methyl/N-ethyl adjacent to an activating group) is 1. The molecule has 1 aromatic carbocycles. The van der Waals surface area contributed by atoms with E-state index in [0.29, 0.717) is 15.8 Å². The number of thioether (sulfide) groups is 1. The van der Waals surface area contributed by atoms with Crippen LogP contribution in [0, 0.1) is 0 Å². The van der Waals surface area contributed by atoms with Crippen molar-refractivity contribution in [3.63, 3.8) is 0 Å². The van der Waals surface area contributed by atoms with Crippen LogP contribution in [0.4, 0.5) is 0 Å². The zero-order chi connectivity index (χ0) is 15.2.